The number of rotatable bonds is 3. The second kappa shape index (κ2) is 7.67. The van der Waals surface area contributed by atoms with E-state index in [0.29, 0.717) is 17.9 Å². The molecule has 3 aromatic rings. The van der Waals surface area contributed by atoms with Crippen molar-refractivity contribution in [3.63, 3.8) is 0 Å². The Labute approximate surface area is 166 Å². The zero-order valence-corrected chi connectivity index (χ0v) is 15.5. The molecule has 0 radical (unpaired) electrons. The number of hydrogen-bond acceptors (Lipinski definition) is 5. The van der Waals surface area contributed by atoms with Crippen LogP contribution in [0.3, 0.4) is 0 Å². The van der Waals surface area contributed by atoms with Crippen molar-refractivity contribution >= 4 is 17.3 Å². The lowest BCUT2D eigenvalue weighted by molar-refractivity contribution is -0.123. The first kappa shape index (κ1) is 18.6. The van der Waals surface area contributed by atoms with E-state index < -0.39 is 22.9 Å². The van der Waals surface area contributed by atoms with Gasteiger partial charge in [-0.2, -0.15) is 0 Å². The Morgan fingerprint density at radius 2 is 1.45 bits per heavy atom. The van der Waals surface area contributed by atoms with Crippen LogP contribution in [0.5, 0.6) is 0 Å². The number of aliphatic hydroxyl groups excluding tert-OH is 1. The van der Waals surface area contributed by atoms with Gasteiger partial charge in [-0.05, 0) is 18.6 Å². The number of para-hydroxylation sites is 1. The fraction of sp³-hybridized carbons (Fsp3) is 0.130. The molecule has 6 nitrogen and oxygen atoms in total. The average molecular weight is 386 g/mol. The molecule has 144 valence electrons. The molecule has 1 fully saturated rings. The molecule has 1 aliphatic carbocycles. The molecule has 0 atom stereocenters. The summed E-state index contributed by atoms with van der Waals surface area (Å²) in [6.07, 6.45) is 2.02. The van der Waals surface area contributed by atoms with Gasteiger partial charge in [0, 0.05) is 24.6 Å². The van der Waals surface area contributed by atoms with E-state index in [-0.39, 0.29) is 24.0 Å². The zero-order chi connectivity index (χ0) is 20.4. The van der Waals surface area contributed by atoms with Crippen molar-refractivity contribution in [1.82, 2.24) is 9.55 Å². The predicted octanol–water partition coefficient (Wildman–Crippen LogP) is 3.49. The predicted molar refractivity (Wildman–Crippen MR) is 109 cm³/mol. The van der Waals surface area contributed by atoms with E-state index >= 15 is 0 Å². The summed E-state index contributed by atoms with van der Waals surface area (Å²) in [4.78, 5) is 42.2. The number of aliphatic hydroxyl groups is 1. The fourth-order valence-electron chi connectivity index (χ4n) is 3.44. The fourth-order valence-corrected chi connectivity index (χ4v) is 3.44. The minimum Gasteiger partial charge on any atom is -0.506 e. The molecule has 1 saturated carbocycles. The number of benzene rings is 2. The van der Waals surface area contributed by atoms with Gasteiger partial charge in [-0.1, -0.05) is 48.5 Å². The van der Waals surface area contributed by atoms with E-state index in [4.69, 9.17) is 0 Å². The quantitative estimate of drug-likeness (QED) is 0.423. The van der Waals surface area contributed by atoms with Crippen LogP contribution in [0.15, 0.2) is 77.2 Å². The summed E-state index contributed by atoms with van der Waals surface area (Å²) in [6, 6.07) is 18.1. The van der Waals surface area contributed by atoms with Gasteiger partial charge in [0.2, 0.25) is 0 Å². The summed E-state index contributed by atoms with van der Waals surface area (Å²) >= 11 is 0. The molecular formula is C23H18N2O4. The van der Waals surface area contributed by atoms with Crippen LogP contribution in [0.2, 0.25) is 0 Å². The molecule has 2 aromatic carbocycles. The van der Waals surface area contributed by atoms with Crippen molar-refractivity contribution < 1.29 is 14.7 Å². The van der Waals surface area contributed by atoms with Crippen LogP contribution < -0.4 is 5.56 Å². The standard InChI is InChI=1S/C23H18N2O4/c26-18-12-7-13-19(27)20(18)21(28)17-14-24-22(15-8-3-1-4-9-15)25(23(17)29)16-10-5-2-6-11-16/h1-6,8-11,14,28H,7,12-13H2. The van der Waals surface area contributed by atoms with E-state index in [1.807, 2.05) is 36.4 Å². The van der Waals surface area contributed by atoms with Crippen LogP contribution >= 0.6 is 0 Å². The number of allylic oxidation sites excluding steroid dienone is 1. The molecule has 0 aliphatic heterocycles. The van der Waals surface area contributed by atoms with Crippen LogP contribution in [0.25, 0.3) is 22.8 Å². The molecule has 4 rings (SSSR count). The van der Waals surface area contributed by atoms with Crippen molar-refractivity contribution in [2.45, 2.75) is 19.3 Å². The normalized spacial score (nSPS) is 14.1. The first-order chi connectivity index (χ1) is 14.1. The summed E-state index contributed by atoms with van der Waals surface area (Å²) in [5.74, 6) is -1.10. The van der Waals surface area contributed by atoms with Gasteiger partial charge in [-0.25, -0.2) is 4.98 Å². The largest absolute Gasteiger partial charge is 0.506 e. The van der Waals surface area contributed by atoms with Crippen molar-refractivity contribution in [3.05, 3.63) is 88.4 Å². The third kappa shape index (κ3) is 3.40. The molecule has 1 heterocycles. The summed E-state index contributed by atoms with van der Waals surface area (Å²) < 4.78 is 1.37. The summed E-state index contributed by atoms with van der Waals surface area (Å²) in [5, 5.41) is 10.7. The number of carbonyl (C=O) groups excluding carboxylic acids is 2. The average Bonchev–Trinajstić information content (AvgIpc) is 2.74. The van der Waals surface area contributed by atoms with Gasteiger partial charge in [0.25, 0.3) is 5.56 Å². The van der Waals surface area contributed by atoms with E-state index in [9.17, 15) is 19.5 Å². The number of ketones is 2. The highest BCUT2D eigenvalue weighted by atomic mass is 16.3. The molecule has 0 amide bonds. The number of carbonyl (C=O) groups is 2. The zero-order valence-electron chi connectivity index (χ0n) is 15.5. The third-order valence-corrected chi connectivity index (χ3v) is 4.86. The Balaban J connectivity index is 1.99. The van der Waals surface area contributed by atoms with Crippen molar-refractivity contribution in [2.24, 2.45) is 0 Å². The minimum atomic E-state index is -0.596. The van der Waals surface area contributed by atoms with Crippen LogP contribution in [-0.4, -0.2) is 26.2 Å². The third-order valence-electron chi connectivity index (χ3n) is 4.86. The Morgan fingerprint density at radius 1 is 0.862 bits per heavy atom. The van der Waals surface area contributed by atoms with Gasteiger partial charge in [0.05, 0.1) is 5.69 Å². The highest BCUT2D eigenvalue weighted by Gasteiger charge is 2.29. The Bertz CT molecular complexity index is 1160. The van der Waals surface area contributed by atoms with Crippen LogP contribution in [-0.2, 0) is 9.59 Å². The maximum absolute atomic E-state index is 13.4. The Hall–Kier alpha value is -3.80. The van der Waals surface area contributed by atoms with Crippen molar-refractivity contribution in [3.8, 4) is 17.1 Å². The van der Waals surface area contributed by atoms with E-state index in [2.05, 4.69) is 4.98 Å². The highest BCUT2D eigenvalue weighted by molar-refractivity contribution is 6.25. The van der Waals surface area contributed by atoms with Crippen LogP contribution in [0.1, 0.15) is 24.8 Å². The molecule has 6 heteroatoms. The lowest BCUT2D eigenvalue weighted by atomic mass is 9.90. The SMILES string of the molecule is O=C1CCCC(=O)C1=C(O)c1cnc(-c2ccccc2)n(-c2ccccc2)c1=O. The van der Waals surface area contributed by atoms with Gasteiger partial charge in [0.15, 0.2) is 11.6 Å². The molecular weight excluding hydrogens is 368 g/mol. The molecule has 0 saturated heterocycles. The van der Waals surface area contributed by atoms with Crippen LogP contribution in [0, 0.1) is 0 Å². The molecule has 1 N–H and O–H groups in total. The second-order valence-corrected chi connectivity index (χ2v) is 6.76. The highest BCUT2D eigenvalue weighted by Crippen LogP contribution is 2.25. The summed E-state index contributed by atoms with van der Waals surface area (Å²) in [6.45, 7) is 0. The van der Waals surface area contributed by atoms with E-state index in [0.717, 1.165) is 5.56 Å². The summed E-state index contributed by atoms with van der Waals surface area (Å²) in [5.41, 5.74) is 0.248. The Morgan fingerprint density at radius 3 is 2.07 bits per heavy atom. The molecule has 1 aromatic heterocycles. The lowest BCUT2D eigenvalue weighted by Gasteiger charge is -2.16. The second-order valence-electron chi connectivity index (χ2n) is 6.76. The summed E-state index contributed by atoms with van der Waals surface area (Å²) in [7, 11) is 0. The number of aromatic nitrogens is 2. The maximum atomic E-state index is 13.4. The van der Waals surface area contributed by atoms with Crippen molar-refractivity contribution in [1.29, 1.82) is 0 Å². The van der Waals surface area contributed by atoms with E-state index in [1.165, 1.54) is 10.8 Å². The number of nitrogens with zero attached hydrogens (tertiary/aromatic N) is 2. The van der Waals surface area contributed by atoms with Crippen molar-refractivity contribution in [2.75, 3.05) is 0 Å². The lowest BCUT2D eigenvalue weighted by Crippen LogP contribution is -2.27. The first-order valence-electron chi connectivity index (χ1n) is 9.31. The van der Waals surface area contributed by atoms with Gasteiger partial charge in [0.1, 0.15) is 22.7 Å². The van der Waals surface area contributed by atoms with Gasteiger partial charge < -0.3 is 5.11 Å². The monoisotopic (exact) mass is 386 g/mol. The van der Waals surface area contributed by atoms with Gasteiger partial charge in [-0.3, -0.25) is 19.0 Å². The molecule has 0 unspecified atom stereocenters. The topological polar surface area (TPSA) is 89.3 Å². The first-order valence-corrected chi connectivity index (χ1v) is 9.31. The van der Waals surface area contributed by atoms with Crippen LogP contribution in [0.4, 0.5) is 0 Å². The minimum absolute atomic E-state index is 0.174. The molecule has 0 bridgehead atoms. The number of Topliss-reactive ketones (excluding diaryl/α,β-unsaturated/α-hetero) is 2. The molecule has 1 aliphatic rings. The molecule has 29 heavy (non-hydrogen) atoms. The van der Waals surface area contributed by atoms with Gasteiger partial charge >= 0.3 is 0 Å². The van der Waals surface area contributed by atoms with Gasteiger partial charge in [-0.15, -0.1) is 0 Å². The number of hydrogen-bond donors (Lipinski definition) is 1. The Kier molecular flexibility index (Phi) is 4.91. The maximum Gasteiger partial charge on any atom is 0.269 e. The molecule has 0 spiro atoms. The smallest absolute Gasteiger partial charge is 0.269 e. The van der Waals surface area contributed by atoms with E-state index in [1.54, 1.807) is 24.3 Å².